The molecule has 0 radical (unpaired) electrons. The van der Waals surface area contributed by atoms with Crippen molar-refractivity contribution in [3.8, 4) is 5.75 Å². The normalized spacial score (nSPS) is 16.3. The summed E-state index contributed by atoms with van der Waals surface area (Å²) >= 11 is 0. The highest BCUT2D eigenvalue weighted by molar-refractivity contribution is 5.82. The molecule has 0 aromatic heterocycles. The SMILES string of the molecule is CO/C=C1\Cc2cccc(OC)c21. The second kappa shape index (κ2) is 3.13. The van der Waals surface area contributed by atoms with E-state index in [0.29, 0.717) is 0 Å². The lowest BCUT2D eigenvalue weighted by Crippen LogP contribution is -2.09. The Kier molecular flexibility index (Phi) is 1.97. The summed E-state index contributed by atoms with van der Waals surface area (Å²) in [5, 5.41) is 0. The zero-order valence-electron chi connectivity index (χ0n) is 7.83. The van der Waals surface area contributed by atoms with Gasteiger partial charge in [-0.15, -0.1) is 0 Å². The van der Waals surface area contributed by atoms with Gasteiger partial charge in [-0.1, -0.05) is 12.1 Å². The highest BCUT2D eigenvalue weighted by Gasteiger charge is 2.23. The van der Waals surface area contributed by atoms with E-state index in [1.54, 1.807) is 20.5 Å². The van der Waals surface area contributed by atoms with Crippen molar-refractivity contribution in [3.05, 3.63) is 35.6 Å². The average molecular weight is 176 g/mol. The third-order valence-corrected chi connectivity index (χ3v) is 2.29. The Bertz CT molecular complexity index is 353. The van der Waals surface area contributed by atoms with E-state index < -0.39 is 0 Å². The standard InChI is InChI=1S/C11H12O2/c1-12-7-9-6-8-4-3-5-10(13-2)11(8)9/h3-5,7H,6H2,1-2H3/b9-7+. The van der Waals surface area contributed by atoms with Crippen molar-refractivity contribution in [2.45, 2.75) is 6.42 Å². The molecule has 13 heavy (non-hydrogen) atoms. The monoisotopic (exact) mass is 176 g/mol. The van der Waals surface area contributed by atoms with Crippen LogP contribution in [0.4, 0.5) is 0 Å². The lowest BCUT2D eigenvalue weighted by atomic mass is 9.83. The molecule has 2 nitrogen and oxygen atoms in total. The van der Waals surface area contributed by atoms with Crippen LogP contribution in [0.3, 0.4) is 0 Å². The molecule has 0 amide bonds. The summed E-state index contributed by atoms with van der Waals surface area (Å²) in [7, 11) is 3.36. The number of fused-ring (bicyclic) bond motifs is 1. The highest BCUT2D eigenvalue weighted by Crippen LogP contribution is 2.40. The maximum Gasteiger partial charge on any atom is 0.126 e. The number of ether oxygens (including phenoxy) is 2. The van der Waals surface area contributed by atoms with Crippen molar-refractivity contribution >= 4 is 5.57 Å². The third kappa shape index (κ3) is 1.18. The molecule has 0 aliphatic heterocycles. The van der Waals surface area contributed by atoms with Crippen LogP contribution in [0.1, 0.15) is 11.1 Å². The van der Waals surface area contributed by atoms with Gasteiger partial charge < -0.3 is 9.47 Å². The smallest absolute Gasteiger partial charge is 0.126 e. The third-order valence-electron chi connectivity index (χ3n) is 2.29. The molecule has 0 fully saturated rings. The number of hydrogen-bond donors (Lipinski definition) is 0. The van der Waals surface area contributed by atoms with E-state index in [0.717, 1.165) is 12.2 Å². The second-order valence-corrected chi connectivity index (χ2v) is 3.05. The summed E-state index contributed by atoms with van der Waals surface area (Å²) in [6.45, 7) is 0. The van der Waals surface area contributed by atoms with E-state index in [4.69, 9.17) is 9.47 Å². The molecule has 0 saturated carbocycles. The zero-order chi connectivity index (χ0) is 9.26. The van der Waals surface area contributed by atoms with Gasteiger partial charge >= 0.3 is 0 Å². The number of allylic oxidation sites excluding steroid dienone is 1. The molecule has 0 unspecified atom stereocenters. The first kappa shape index (κ1) is 8.17. The van der Waals surface area contributed by atoms with E-state index in [-0.39, 0.29) is 0 Å². The fraction of sp³-hybridized carbons (Fsp3) is 0.273. The summed E-state index contributed by atoms with van der Waals surface area (Å²) in [6, 6.07) is 6.10. The summed E-state index contributed by atoms with van der Waals surface area (Å²) in [5.74, 6) is 0.937. The molecule has 1 aliphatic carbocycles. The molecular formula is C11H12O2. The van der Waals surface area contributed by atoms with Crippen molar-refractivity contribution in [3.63, 3.8) is 0 Å². The van der Waals surface area contributed by atoms with Crippen LogP contribution in [0, 0.1) is 0 Å². The average Bonchev–Trinajstić information content (AvgIpc) is 2.13. The summed E-state index contributed by atoms with van der Waals surface area (Å²) in [6.07, 6.45) is 2.77. The molecular weight excluding hydrogens is 164 g/mol. The Morgan fingerprint density at radius 3 is 2.85 bits per heavy atom. The van der Waals surface area contributed by atoms with Gasteiger partial charge in [-0.05, 0) is 11.6 Å². The van der Waals surface area contributed by atoms with Gasteiger partial charge in [-0.25, -0.2) is 0 Å². The molecule has 0 spiro atoms. The molecule has 2 heteroatoms. The first-order valence-electron chi connectivity index (χ1n) is 4.25. The molecule has 0 atom stereocenters. The maximum atomic E-state index is 5.26. The quantitative estimate of drug-likeness (QED) is 0.643. The van der Waals surface area contributed by atoms with E-state index in [1.807, 2.05) is 12.1 Å². The number of rotatable bonds is 2. The Morgan fingerprint density at radius 1 is 1.31 bits per heavy atom. The van der Waals surface area contributed by atoms with E-state index in [1.165, 1.54) is 16.7 Å². The van der Waals surface area contributed by atoms with Crippen LogP contribution in [0.2, 0.25) is 0 Å². The fourth-order valence-corrected chi connectivity index (χ4v) is 1.69. The van der Waals surface area contributed by atoms with E-state index >= 15 is 0 Å². The number of methoxy groups -OCH3 is 2. The van der Waals surface area contributed by atoms with Gasteiger partial charge in [-0.3, -0.25) is 0 Å². The Labute approximate surface area is 77.8 Å². The topological polar surface area (TPSA) is 18.5 Å². The van der Waals surface area contributed by atoms with Gasteiger partial charge in [0, 0.05) is 17.6 Å². The number of hydrogen-bond acceptors (Lipinski definition) is 2. The van der Waals surface area contributed by atoms with Gasteiger partial charge in [-0.2, -0.15) is 0 Å². The lowest BCUT2D eigenvalue weighted by Gasteiger charge is -2.24. The van der Waals surface area contributed by atoms with Gasteiger partial charge in [0.2, 0.25) is 0 Å². The van der Waals surface area contributed by atoms with E-state index in [2.05, 4.69) is 6.07 Å². The molecule has 0 bridgehead atoms. The van der Waals surface area contributed by atoms with Crippen molar-refractivity contribution in [2.24, 2.45) is 0 Å². The van der Waals surface area contributed by atoms with E-state index in [9.17, 15) is 0 Å². The predicted octanol–water partition coefficient (Wildman–Crippen LogP) is 2.24. The van der Waals surface area contributed by atoms with Gasteiger partial charge in [0.25, 0.3) is 0 Å². The second-order valence-electron chi connectivity index (χ2n) is 3.05. The van der Waals surface area contributed by atoms with Crippen LogP contribution in [0.15, 0.2) is 24.5 Å². The molecule has 0 N–H and O–H groups in total. The van der Waals surface area contributed by atoms with Crippen LogP contribution in [0.25, 0.3) is 5.57 Å². The van der Waals surface area contributed by atoms with Crippen LogP contribution in [-0.2, 0) is 11.2 Å². The Balaban J connectivity index is 2.43. The van der Waals surface area contributed by atoms with Crippen LogP contribution in [-0.4, -0.2) is 14.2 Å². The Hall–Kier alpha value is -1.44. The lowest BCUT2D eigenvalue weighted by molar-refractivity contribution is 0.338. The van der Waals surface area contributed by atoms with Crippen molar-refractivity contribution in [1.82, 2.24) is 0 Å². The molecule has 68 valence electrons. The van der Waals surface area contributed by atoms with Crippen LogP contribution < -0.4 is 4.74 Å². The summed E-state index contributed by atoms with van der Waals surface area (Å²) < 4.78 is 10.2. The number of benzene rings is 1. The highest BCUT2D eigenvalue weighted by atomic mass is 16.5. The largest absolute Gasteiger partial charge is 0.504 e. The van der Waals surface area contributed by atoms with Crippen molar-refractivity contribution in [2.75, 3.05) is 14.2 Å². The molecule has 1 aromatic carbocycles. The Morgan fingerprint density at radius 2 is 2.15 bits per heavy atom. The van der Waals surface area contributed by atoms with Gasteiger partial charge in [0.15, 0.2) is 0 Å². The first-order valence-corrected chi connectivity index (χ1v) is 4.25. The minimum Gasteiger partial charge on any atom is -0.504 e. The molecule has 1 aromatic rings. The fourth-order valence-electron chi connectivity index (χ4n) is 1.69. The predicted molar refractivity (Wildman–Crippen MR) is 51.7 cm³/mol. The van der Waals surface area contributed by atoms with Gasteiger partial charge in [0.05, 0.1) is 20.5 Å². The van der Waals surface area contributed by atoms with Crippen LogP contribution in [0.5, 0.6) is 5.75 Å². The molecule has 2 rings (SSSR count). The minimum absolute atomic E-state index is 0.937. The first-order chi connectivity index (χ1) is 6.36. The maximum absolute atomic E-state index is 5.26. The summed E-state index contributed by atoms with van der Waals surface area (Å²) in [5.41, 5.74) is 3.75. The molecule has 0 saturated heterocycles. The summed E-state index contributed by atoms with van der Waals surface area (Å²) in [4.78, 5) is 0. The minimum atomic E-state index is 0.937. The van der Waals surface area contributed by atoms with Crippen LogP contribution >= 0.6 is 0 Å². The van der Waals surface area contributed by atoms with Gasteiger partial charge in [0.1, 0.15) is 5.75 Å². The van der Waals surface area contributed by atoms with Crippen molar-refractivity contribution in [1.29, 1.82) is 0 Å². The zero-order valence-corrected chi connectivity index (χ0v) is 7.83. The van der Waals surface area contributed by atoms with Crippen molar-refractivity contribution < 1.29 is 9.47 Å². The molecule has 0 heterocycles. The molecule has 1 aliphatic rings.